The molecule has 2 atom stereocenters. The second-order valence-corrected chi connectivity index (χ2v) is 7.50. The summed E-state index contributed by atoms with van der Waals surface area (Å²) in [5.41, 5.74) is 2.06. The summed E-state index contributed by atoms with van der Waals surface area (Å²) in [6, 6.07) is 9.37. The third kappa shape index (κ3) is 3.56. The molecular weight excluding hydrogens is 362 g/mol. The lowest BCUT2D eigenvalue weighted by Gasteiger charge is -2.26. The molecule has 3 aromatic rings. The van der Waals surface area contributed by atoms with Gasteiger partial charge in [-0.15, -0.1) is 0 Å². The van der Waals surface area contributed by atoms with Crippen LogP contribution >= 0.6 is 0 Å². The van der Waals surface area contributed by atoms with Gasteiger partial charge in [0.1, 0.15) is 5.69 Å². The molecule has 146 valence electrons. The van der Waals surface area contributed by atoms with Crippen molar-refractivity contribution in [1.82, 2.24) is 9.61 Å². The quantitative estimate of drug-likeness (QED) is 0.667. The number of benzene rings is 1. The molecule has 0 radical (unpaired) electrons. The van der Waals surface area contributed by atoms with Crippen LogP contribution in [0.1, 0.15) is 53.7 Å². The van der Waals surface area contributed by atoms with Crippen molar-refractivity contribution in [3.05, 3.63) is 71.1 Å². The van der Waals surface area contributed by atoms with E-state index in [-0.39, 0.29) is 30.1 Å². The monoisotopic (exact) mass is 384 g/mol. The number of aliphatic hydroxyl groups excluding tert-OH is 1. The highest BCUT2D eigenvalue weighted by molar-refractivity contribution is 5.96. The van der Waals surface area contributed by atoms with Crippen LogP contribution in [0.25, 0.3) is 5.52 Å². The van der Waals surface area contributed by atoms with Gasteiger partial charge in [0.2, 0.25) is 0 Å². The minimum absolute atomic E-state index is 0.0420. The predicted molar refractivity (Wildman–Crippen MR) is 101 cm³/mol. The van der Waals surface area contributed by atoms with Crippen LogP contribution in [-0.4, -0.2) is 26.6 Å². The van der Waals surface area contributed by atoms with Crippen LogP contribution in [0, 0.1) is 17.6 Å². The standard InChI is InChI=1S/C22H22F2N2O2/c23-17-7-3-6-15(22(17)24)11-16-12-19(26-18(16)8-4-10-25-26)21(28)13-14-5-1-2-9-20(14)27/h3-4,6-8,10,12,14,20,27H,1-2,5,9,11,13H2/t14-,20+/m1/s1. The van der Waals surface area contributed by atoms with E-state index in [1.54, 1.807) is 22.8 Å². The first-order valence-corrected chi connectivity index (χ1v) is 9.64. The fourth-order valence-corrected chi connectivity index (χ4v) is 4.11. The zero-order chi connectivity index (χ0) is 19.7. The number of fused-ring (bicyclic) bond motifs is 1. The second kappa shape index (κ2) is 7.80. The van der Waals surface area contributed by atoms with Crippen LogP contribution in [0.15, 0.2) is 42.6 Å². The third-order valence-electron chi connectivity index (χ3n) is 5.63. The second-order valence-electron chi connectivity index (χ2n) is 7.50. The summed E-state index contributed by atoms with van der Waals surface area (Å²) >= 11 is 0. The summed E-state index contributed by atoms with van der Waals surface area (Å²) in [6.45, 7) is 0. The van der Waals surface area contributed by atoms with E-state index in [1.807, 2.05) is 6.07 Å². The Morgan fingerprint density at radius 1 is 1.14 bits per heavy atom. The number of carbonyl (C=O) groups is 1. The van der Waals surface area contributed by atoms with E-state index in [2.05, 4.69) is 5.10 Å². The molecule has 0 saturated heterocycles. The molecule has 0 aliphatic heterocycles. The number of aliphatic hydroxyl groups is 1. The first kappa shape index (κ1) is 18.7. The maximum Gasteiger partial charge on any atom is 0.181 e. The van der Waals surface area contributed by atoms with Crippen molar-refractivity contribution in [3.8, 4) is 0 Å². The smallest absolute Gasteiger partial charge is 0.181 e. The molecular formula is C22H22F2N2O2. The van der Waals surface area contributed by atoms with Gasteiger partial charge in [-0.2, -0.15) is 5.10 Å². The van der Waals surface area contributed by atoms with Gasteiger partial charge in [0.05, 0.1) is 11.6 Å². The topological polar surface area (TPSA) is 54.6 Å². The summed E-state index contributed by atoms with van der Waals surface area (Å²) in [6.07, 6.45) is 5.15. The molecule has 6 heteroatoms. The SMILES string of the molecule is O=C(C[C@H]1CCCC[C@@H]1O)c1cc(Cc2cccc(F)c2F)c2cccnn12. The van der Waals surface area contributed by atoms with Gasteiger partial charge < -0.3 is 5.11 Å². The summed E-state index contributed by atoms with van der Waals surface area (Å²) in [5.74, 6) is -1.89. The van der Waals surface area contributed by atoms with Gasteiger partial charge in [-0.1, -0.05) is 25.0 Å². The van der Waals surface area contributed by atoms with E-state index in [4.69, 9.17) is 0 Å². The lowest BCUT2D eigenvalue weighted by atomic mass is 9.83. The largest absolute Gasteiger partial charge is 0.393 e. The van der Waals surface area contributed by atoms with E-state index < -0.39 is 17.7 Å². The number of halogens is 2. The molecule has 4 nitrogen and oxygen atoms in total. The Bertz CT molecular complexity index is 1010. The van der Waals surface area contributed by atoms with E-state index in [9.17, 15) is 18.7 Å². The van der Waals surface area contributed by atoms with Crippen LogP contribution in [0.2, 0.25) is 0 Å². The number of carbonyl (C=O) groups excluding carboxylic acids is 1. The molecule has 1 aliphatic rings. The molecule has 1 aromatic carbocycles. The van der Waals surface area contributed by atoms with Crippen LogP contribution in [-0.2, 0) is 6.42 Å². The van der Waals surface area contributed by atoms with Crippen molar-refractivity contribution >= 4 is 11.3 Å². The Hall–Kier alpha value is -2.60. The molecule has 2 heterocycles. The highest BCUT2D eigenvalue weighted by Crippen LogP contribution is 2.29. The van der Waals surface area contributed by atoms with Crippen molar-refractivity contribution in [3.63, 3.8) is 0 Å². The Kier molecular flexibility index (Phi) is 5.22. The van der Waals surface area contributed by atoms with Gasteiger partial charge in [0.25, 0.3) is 0 Å². The van der Waals surface area contributed by atoms with E-state index in [0.29, 0.717) is 16.8 Å². The highest BCUT2D eigenvalue weighted by atomic mass is 19.2. The van der Waals surface area contributed by atoms with Crippen molar-refractivity contribution in [2.45, 2.75) is 44.6 Å². The maximum absolute atomic E-state index is 14.1. The Labute approximate surface area is 161 Å². The number of rotatable bonds is 5. The first-order valence-electron chi connectivity index (χ1n) is 9.64. The Balaban J connectivity index is 1.66. The number of hydrogen-bond donors (Lipinski definition) is 1. The molecule has 1 aliphatic carbocycles. The van der Waals surface area contributed by atoms with Gasteiger partial charge in [0, 0.05) is 19.0 Å². The van der Waals surface area contributed by atoms with E-state index in [1.165, 1.54) is 12.1 Å². The van der Waals surface area contributed by atoms with Crippen LogP contribution in [0.3, 0.4) is 0 Å². The zero-order valence-electron chi connectivity index (χ0n) is 15.4. The Morgan fingerprint density at radius 2 is 1.96 bits per heavy atom. The van der Waals surface area contributed by atoms with Crippen LogP contribution in [0.4, 0.5) is 8.78 Å². The highest BCUT2D eigenvalue weighted by Gasteiger charge is 2.27. The zero-order valence-corrected chi connectivity index (χ0v) is 15.4. The molecule has 1 N–H and O–H groups in total. The van der Waals surface area contributed by atoms with Crippen molar-refractivity contribution in [2.24, 2.45) is 5.92 Å². The van der Waals surface area contributed by atoms with Gasteiger partial charge >= 0.3 is 0 Å². The predicted octanol–water partition coefficient (Wildman–Crippen LogP) is 4.33. The molecule has 0 unspecified atom stereocenters. The van der Waals surface area contributed by atoms with Gasteiger partial charge in [-0.3, -0.25) is 4.79 Å². The molecule has 0 spiro atoms. The summed E-state index contributed by atoms with van der Waals surface area (Å²) in [4.78, 5) is 13.0. The lowest BCUT2D eigenvalue weighted by molar-refractivity contribution is 0.0580. The molecule has 0 amide bonds. The molecule has 2 aromatic heterocycles. The first-order chi connectivity index (χ1) is 13.5. The number of Topliss-reactive ketones (excluding diaryl/α,β-unsaturated/α-hetero) is 1. The summed E-state index contributed by atoms with van der Waals surface area (Å²) in [7, 11) is 0. The van der Waals surface area contributed by atoms with E-state index >= 15 is 0 Å². The number of nitrogens with zero attached hydrogens (tertiary/aromatic N) is 2. The minimum Gasteiger partial charge on any atom is -0.393 e. The average Bonchev–Trinajstić information content (AvgIpc) is 3.06. The maximum atomic E-state index is 14.1. The molecule has 1 fully saturated rings. The number of aromatic nitrogens is 2. The van der Waals surface area contributed by atoms with Gasteiger partial charge in [0.15, 0.2) is 17.4 Å². The van der Waals surface area contributed by atoms with E-state index in [0.717, 1.165) is 31.7 Å². The van der Waals surface area contributed by atoms with Crippen LogP contribution < -0.4 is 0 Å². The molecule has 0 bridgehead atoms. The third-order valence-corrected chi connectivity index (χ3v) is 5.63. The van der Waals surface area contributed by atoms with Crippen molar-refractivity contribution in [2.75, 3.05) is 0 Å². The number of hydrogen-bond acceptors (Lipinski definition) is 3. The fraction of sp³-hybridized carbons (Fsp3) is 0.364. The number of ketones is 1. The van der Waals surface area contributed by atoms with Crippen LogP contribution in [0.5, 0.6) is 0 Å². The van der Waals surface area contributed by atoms with Crippen molar-refractivity contribution < 1.29 is 18.7 Å². The summed E-state index contributed by atoms with van der Waals surface area (Å²) < 4.78 is 29.2. The normalized spacial score (nSPS) is 19.8. The molecule has 4 rings (SSSR count). The lowest BCUT2D eigenvalue weighted by Crippen LogP contribution is -2.27. The van der Waals surface area contributed by atoms with Crippen molar-refractivity contribution in [1.29, 1.82) is 0 Å². The Morgan fingerprint density at radius 3 is 2.79 bits per heavy atom. The average molecular weight is 384 g/mol. The fourth-order valence-electron chi connectivity index (χ4n) is 4.11. The summed E-state index contributed by atoms with van der Waals surface area (Å²) in [5, 5.41) is 14.5. The van der Waals surface area contributed by atoms with Gasteiger partial charge in [-0.05, 0) is 54.2 Å². The minimum atomic E-state index is -0.887. The molecule has 1 saturated carbocycles. The van der Waals surface area contributed by atoms with Gasteiger partial charge in [-0.25, -0.2) is 13.3 Å². The molecule has 28 heavy (non-hydrogen) atoms.